The molecule has 0 unspecified atom stereocenters. The molecule has 128 heavy (non-hydrogen) atoms. The second-order valence-corrected chi connectivity index (χ2v) is 48.5. The van der Waals surface area contributed by atoms with Crippen LogP contribution in [0.1, 0.15) is 251 Å². The molecule has 0 saturated carbocycles. The lowest BCUT2D eigenvalue weighted by atomic mass is 9.33. The first-order valence-corrected chi connectivity index (χ1v) is 46.9. The molecule has 0 aliphatic carbocycles. The number of hydrogen-bond donors (Lipinski definition) is 0. The van der Waals surface area contributed by atoms with E-state index in [9.17, 15) is 13.7 Å². The molecule has 0 bridgehead atoms. The van der Waals surface area contributed by atoms with Gasteiger partial charge >= 0.3 is 0 Å². The zero-order valence-corrected chi connectivity index (χ0v) is 81.7. The van der Waals surface area contributed by atoms with E-state index in [0.717, 1.165) is 179 Å². The maximum atomic E-state index is 11.3. The van der Waals surface area contributed by atoms with Crippen LogP contribution in [-0.2, 0) is 57.7 Å². The number of nitrogens with zero attached hydrogens (tertiary/aromatic N) is 4. The minimum absolute atomic E-state index is 0.0375. The van der Waals surface area contributed by atoms with Crippen molar-refractivity contribution in [2.75, 3.05) is 9.80 Å². The van der Waals surface area contributed by atoms with E-state index in [4.69, 9.17) is 0 Å². The van der Waals surface area contributed by atoms with Gasteiger partial charge in [-0.2, -0.15) is 0 Å². The predicted octanol–water partition coefficient (Wildman–Crippen LogP) is 32.9. The van der Waals surface area contributed by atoms with Gasteiger partial charge in [0.1, 0.15) is 0 Å². The highest BCUT2D eigenvalue weighted by molar-refractivity contribution is 7.00. The molecule has 656 valence electrons. The SMILES string of the molecule is [2H]c1c([2H])c([2H])c2c(c1[2H])c1cc(CC(C)(C)C)ccc1n2-c1ccc2c(c1)N(c1cc(-c3cccc(CC(C)(C)C)c3)c(CC(C)(C)C)cc1-c1cccc(CC(C)(C)C)c1)c1cc(C([2H])([2H])C(C)(C)C)cc3c1B2c1ccc(-n2c4ccc(CC(C)(C)C)cc4c4c([2H])c([2H])c([2H])c([2H])c42)cc1N3c1cc(-c2cccc(CC(C)(C)C)c2)c(CC(C)(C)C)cc1-c1cccc(CC(C)(C)C)c1. The fraction of sp³-hybridized carbons (Fsp3) is 0.366. The number of aromatic nitrogens is 2. The Morgan fingerprint density at radius 2 is 0.562 bits per heavy atom. The Labute approximate surface area is 782 Å². The smallest absolute Gasteiger partial charge is 0.252 e. The fourth-order valence-corrected chi connectivity index (χ4v) is 20.7. The first-order chi connectivity index (χ1) is 64.0. The van der Waals surface area contributed by atoms with Crippen molar-refractivity contribution in [2.45, 2.75) is 245 Å². The van der Waals surface area contributed by atoms with Gasteiger partial charge in [0.05, 0.1) is 44.4 Å². The van der Waals surface area contributed by atoms with Crippen molar-refractivity contribution in [3.05, 3.63) is 305 Å². The largest absolute Gasteiger partial charge is 0.311 e. The monoisotopic (exact) mass is 1700 g/mol. The van der Waals surface area contributed by atoms with Crippen molar-refractivity contribution < 1.29 is 13.7 Å². The zero-order valence-electron chi connectivity index (χ0n) is 91.7. The van der Waals surface area contributed by atoms with Gasteiger partial charge in [-0.25, -0.2) is 0 Å². The average molecular weight is 1700 g/mol. The summed E-state index contributed by atoms with van der Waals surface area (Å²) in [6, 6.07) is 75.1. The van der Waals surface area contributed by atoms with Gasteiger partial charge in [-0.1, -0.05) is 345 Å². The molecular formula is C123H141BN4. The molecule has 0 amide bonds. The van der Waals surface area contributed by atoms with Crippen LogP contribution in [0.15, 0.2) is 255 Å². The van der Waals surface area contributed by atoms with Crippen LogP contribution in [0.25, 0.3) is 99.5 Å². The third-order valence-corrected chi connectivity index (χ3v) is 24.7. The summed E-state index contributed by atoms with van der Waals surface area (Å²) in [6.07, 6.45) is 4.10. The summed E-state index contributed by atoms with van der Waals surface area (Å²) in [4.78, 5) is 4.95. The molecule has 0 atom stereocenters. The zero-order chi connectivity index (χ0) is 100.0. The van der Waals surface area contributed by atoms with E-state index in [1.807, 2.05) is 20.8 Å². The van der Waals surface area contributed by atoms with Gasteiger partial charge in [0.2, 0.25) is 0 Å². The van der Waals surface area contributed by atoms with Crippen LogP contribution in [-0.4, -0.2) is 15.8 Å². The predicted molar refractivity (Wildman–Crippen MR) is 559 cm³/mol. The molecule has 4 heterocycles. The Morgan fingerprint density at radius 1 is 0.250 bits per heavy atom. The van der Waals surface area contributed by atoms with Crippen molar-refractivity contribution >= 4 is 101 Å². The van der Waals surface area contributed by atoms with Gasteiger partial charge in [0.15, 0.2) is 0 Å². The van der Waals surface area contributed by atoms with E-state index < -0.39 is 18.5 Å². The van der Waals surface area contributed by atoms with Gasteiger partial charge in [-0.3, -0.25) is 0 Å². The van der Waals surface area contributed by atoms with Crippen molar-refractivity contribution in [2.24, 2.45) is 48.7 Å². The molecule has 5 heteroatoms. The third kappa shape index (κ3) is 19.1. The number of hydrogen-bond acceptors (Lipinski definition) is 2. The average Bonchev–Trinajstić information content (AvgIpc) is 0.849. The Morgan fingerprint density at radius 3 is 0.883 bits per heavy atom. The van der Waals surface area contributed by atoms with Crippen molar-refractivity contribution in [3.63, 3.8) is 0 Å². The van der Waals surface area contributed by atoms with Gasteiger partial charge in [0, 0.05) is 69.5 Å². The Kier molecular flexibility index (Phi) is 19.7. The van der Waals surface area contributed by atoms with Gasteiger partial charge in [-0.05, 0) is 303 Å². The lowest BCUT2D eigenvalue weighted by molar-refractivity contribution is 0.410. The first-order valence-electron chi connectivity index (χ1n) is 51.9. The summed E-state index contributed by atoms with van der Waals surface area (Å²) in [5.41, 5.74) is 27.1. The molecule has 2 aromatic heterocycles. The maximum Gasteiger partial charge on any atom is 0.252 e. The molecule has 0 saturated heterocycles. The summed E-state index contributed by atoms with van der Waals surface area (Å²) < 4.78 is 105. The second kappa shape index (κ2) is 32.6. The number of fused-ring (bicyclic) bond motifs is 10. The van der Waals surface area contributed by atoms with Crippen LogP contribution >= 0.6 is 0 Å². The van der Waals surface area contributed by atoms with E-state index in [2.05, 4.69) is 391 Å². The van der Waals surface area contributed by atoms with Gasteiger partial charge in [0.25, 0.3) is 6.71 Å². The van der Waals surface area contributed by atoms with E-state index in [-0.39, 0.29) is 91.7 Å². The maximum absolute atomic E-state index is 11.3. The van der Waals surface area contributed by atoms with Crippen molar-refractivity contribution in [3.8, 4) is 55.9 Å². The van der Waals surface area contributed by atoms with E-state index >= 15 is 0 Å². The number of para-hydroxylation sites is 2. The quantitative estimate of drug-likeness (QED) is 0.0845. The molecular weight excluding hydrogens is 1540 g/mol. The highest BCUT2D eigenvalue weighted by Crippen LogP contribution is 2.54. The molecule has 0 spiro atoms. The van der Waals surface area contributed by atoms with Crippen molar-refractivity contribution in [1.29, 1.82) is 0 Å². The highest BCUT2D eigenvalue weighted by atomic mass is 15.2. The van der Waals surface area contributed by atoms with Gasteiger partial charge < -0.3 is 18.9 Å². The minimum Gasteiger partial charge on any atom is -0.311 e. The summed E-state index contributed by atoms with van der Waals surface area (Å²) in [7, 11) is 0. The lowest BCUT2D eigenvalue weighted by Crippen LogP contribution is -2.61. The molecule has 15 aromatic rings. The molecule has 0 fully saturated rings. The summed E-state index contributed by atoms with van der Waals surface area (Å²) in [5.74, 6) is 0. The van der Waals surface area contributed by atoms with Crippen LogP contribution in [0.4, 0.5) is 34.1 Å². The topological polar surface area (TPSA) is 16.3 Å². The number of anilines is 6. The summed E-state index contributed by atoms with van der Waals surface area (Å²) >= 11 is 0. The summed E-state index contributed by atoms with van der Waals surface area (Å²) in [6.45, 7) is 60.2. The Bertz CT molecular complexity index is 7000. The standard InChI is InChI=1S/C123H141BN4/c1-115(2,3)70-79-36-32-40-86(56-79)96-68-108(98(64-90(96)77-122(22,23)24)88-42-34-38-81(58-88)72-117(7,8)9)127-110-66-92(125-104-46-30-28-44-94(104)100-60-83(48-54-106(100)125)74-119(13,14)15)50-52-102(110)124-103-53-51-93(126-105-47-31-29-45-95(105)101-61-84(49-55-107(101)126)75-120(16,17)18)67-111(103)128(113-63-85(76-121(19,20)21)62-112(127)114(113)124)109-69-97(87-41-33-37-80(57-87)71-116(4,5)6)91(78-123(25,26)27)65-99(109)89-43-35-39-82(59-89)73-118(10,11)12/h28-69H,70-78H2,1-27H3/i28D,29D,30D,31D,44D,45D,46D,47D,76D2. The molecule has 0 N–H and O–H groups in total. The van der Waals surface area contributed by atoms with Crippen LogP contribution < -0.4 is 26.2 Å². The van der Waals surface area contributed by atoms with E-state index in [1.165, 1.54) is 33.4 Å². The Hall–Kier alpha value is -10.9. The fourth-order valence-electron chi connectivity index (χ4n) is 20.7. The van der Waals surface area contributed by atoms with Crippen LogP contribution in [0, 0.1) is 48.7 Å². The van der Waals surface area contributed by atoms with Crippen LogP contribution in [0.2, 0.25) is 0 Å². The number of benzene rings is 13. The molecule has 2 aliphatic heterocycles. The van der Waals surface area contributed by atoms with Crippen LogP contribution in [0.5, 0.6) is 0 Å². The second-order valence-electron chi connectivity index (χ2n) is 48.5. The summed E-state index contributed by atoms with van der Waals surface area (Å²) in [5, 5.41) is 2.31. The number of rotatable bonds is 17. The van der Waals surface area contributed by atoms with Crippen LogP contribution in [0.3, 0.4) is 0 Å². The highest BCUT2D eigenvalue weighted by Gasteiger charge is 2.46. The third-order valence-electron chi connectivity index (χ3n) is 24.7. The van der Waals surface area contributed by atoms with E-state index in [1.54, 1.807) is 0 Å². The van der Waals surface area contributed by atoms with Crippen molar-refractivity contribution in [1.82, 2.24) is 9.13 Å². The molecule has 0 radical (unpaired) electrons. The van der Waals surface area contributed by atoms with Gasteiger partial charge in [-0.15, -0.1) is 0 Å². The first kappa shape index (κ1) is 77.1. The van der Waals surface area contributed by atoms with E-state index in [0.29, 0.717) is 38.7 Å². The molecule has 2 aliphatic rings. The molecule has 4 nitrogen and oxygen atoms in total. The lowest BCUT2D eigenvalue weighted by Gasteiger charge is -2.46. The molecule has 13 aromatic carbocycles. The normalized spacial score (nSPS) is 14.9. The molecule has 17 rings (SSSR count). The minimum atomic E-state index is -2.08. The Balaban J connectivity index is 1.11.